The number of alkyl halides is 3. The lowest BCUT2D eigenvalue weighted by Gasteiger charge is -2.41. The van der Waals surface area contributed by atoms with Crippen LogP contribution in [0.3, 0.4) is 0 Å². The summed E-state index contributed by atoms with van der Waals surface area (Å²) < 4.78 is 82.3. The second-order valence-electron chi connectivity index (χ2n) is 9.44. The molecule has 2 saturated heterocycles. The van der Waals surface area contributed by atoms with Crippen molar-refractivity contribution in [3.63, 3.8) is 0 Å². The average molecular weight is 528 g/mol. The first kappa shape index (κ1) is 26.4. The molecule has 1 atom stereocenters. The van der Waals surface area contributed by atoms with E-state index in [0.29, 0.717) is 32.0 Å². The van der Waals surface area contributed by atoms with Crippen LogP contribution in [0.15, 0.2) is 47.4 Å². The Hall–Kier alpha value is -2.66. The van der Waals surface area contributed by atoms with Gasteiger partial charge in [-0.3, -0.25) is 4.79 Å². The summed E-state index contributed by atoms with van der Waals surface area (Å²) in [5, 5.41) is 0. The number of piperidine rings is 1. The number of carbonyl (C=O) groups is 1. The molecule has 0 saturated carbocycles. The molecule has 36 heavy (non-hydrogen) atoms. The SMILES string of the molecule is CC(=O)C1CCN(c2cccc(S(=O)(=O)N3CCN(c4ccc(F)cc4C(F)(F)F)C[C@H]3C)c2)CC1. The van der Waals surface area contributed by atoms with Crippen LogP contribution in [0.5, 0.6) is 0 Å². The number of hydrogen-bond donors (Lipinski definition) is 0. The highest BCUT2D eigenvalue weighted by atomic mass is 32.2. The molecule has 0 radical (unpaired) electrons. The van der Waals surface area contributed by atoms with E-state index in [-0.39, 0.29) is 41.9 Å². The van der Waals surface area contributed by atoms with E-state index in [9.17, 15) is 30.8 Å². The maximum atomic E-state index is 13.5. The van der Waals surface area contributed by atoms with E-state index in [1.54, 1.807) is 26.0 Å². The highest BCUT2D eigenvalue weighted by Crippen LogP contribution is 2.38. The zero-order chi connectivity index (χ0) is 26.3. The van der Waals surface area contributed by atoms with Gasteiger partial charge in [-0.1, -0.05) is 6.07 Å². The van der Waals surface area contributed by atoms with E-state index in [4.69, 9.17) is 0 Å². The van der Waals surface area contributed by atoms with E-state index in [2.05, 4.69) is 4.90 Å². The van der Waals surface area contributed by atoms with E-state index >= 15 is 0 Å². The fourth-order valence-electron chi connectivity index (χ4n) is 5.05. The van der Waals surface area contributed by atoms with Crippen molar-refractivity contribution in [1.82, 2.24) is 4.31 Å². The number of hydrogen-bond acceptors (Lipinski definition) is 5. The third-order valence-electron chi connectivity index (χ3n) is 7.03. The van der Waals surface area contributed by atoms with Gasteiger partial charge in [0.15, 0.2) is 0 Å². The van der Waals surface area contributed by atoms with Crippen molar-refractivity contribution in [2.45, 2.75) is 43.8 Å². The summed E-state index contributed by atoms with van der Waals surface area (Å²) in [7, 11) is -3.90. The number of nitrogens with zero attached hydrogens (tertiary/aromatic N) is 3. The second kappa shape index (κ2) is 10.0. The predicted molar refractivity (Wildman–Crippen MR) is 129 cm³/mol. The summed E-state index contributed by atoms with van der Waals surface area (Å²) >= 11 is 0. The lowest BCUT2D eigenvalue weighted by atomic mass is 9.93. The number of piperazine rings is 1. The standard InChI is InChI=1S/C25H29F4N3O3S/c1-17-16-31(24-7-6-20(26)14-23(24)25(27,28)29)12-13-32(17)36(34,35)22-5-3-4-21(15-22)30-10-8-19(9-11-30)18(2)33/h3-7,14-15,17,19H,8-13,16H2,1-2H3/t17-/m1/s1. The van der Waals surface area contributed by atoms with Crippen LogP contribution in [0.1, 0.15) is 32.3 Å². The molecule has 2 aliphatic rings. The number of carbonyl (C=O) groups excluding carboxylic acids is 1. The Morgan fingerprint density at radius 2 is 1.67 bits per heavy atom. The summed E-state index contributed by atoms with van der Waals surface area (Å²) in [5.41, 5.74) is -0.485. The number of anilines is 2. The maximum Gasteiger partial charge on any atom is 0.418 e. The number of halogens is 4. The Labute approximate surface area is 208 Å². The van der Waals surface area contributed by atoms with Crippen LogP contribution in [0, 0.1) is 11.7 Å². The number of Topliss-reactive ketones (excluding diaryl/α,β-unsaturated/α-hetero) is 1. The van der Waals surface area contributed by atoms with Crippen molar-refractivity contribution in [2.24, 2.45) is 5.92 Å². The zero-order valence-corrected chi connectivity index (χ0v) is 20.9. The fourth-order valence-corrected chi connectivity index (χ4v) is 6.70. The quantitative estimate of drug-likeness (QED) is 0.534. The molecule has 0 spiro atoms. The first-order valence-corrected chi connectivity index (χ1v) is 13.3. The van der Waals surface area contributed by atoms with Crippen LogP contribution in [-0.4, -0.2) is 57.3 Å². The molecule has 4 rings (SSSR count). The van der Waals surface area contributed by atoms with E-state index in [1.165, 1.54) is 15.3 Å². The summed E-state index contributed by atoms with van der Waals surface area (Å²) in [6, 6.07) is 8.57. The van der Waals surface area contributed by atoms with Crippen LogP contribution in [-0.2, 0) is 21.0 Å². The van der Waals surface area contributed by atoms with Gasteiger partial charge in [0.05, 0.1) is 10.5 Å². The lowest BCUT2D eigenvalue weighted by Crippen LogP contribution is -2.54. The molecule has 0 aliphatic carbocycles. The molecule has 6 nitrogen and oxygen atoms in total. The van der Waals surface area contributed by atoms with Crippen molar-refractivity contribution >= 4 is 27.2 Å². The topological polar surface area (TPSA) is 60.9 Å². The van der Waals surface area contributed by atoms with E-state index in [1.807, 2.05) is 6.07 Å². The highest BCUT2D eigenvalue weighted by molar-refractivity contribution is 7.89. The average Bonchev–Trinajstić information content (AvgIpc) is 2.83. The van der Waals surface area contributed by atoms with Crippen LogP contribution in [0.2, 0.25) is 0 Å². The maximum absolute atomic E-state index is 13.5. The Bertz CT molecular complexity index is 1230. The molecule has 2 fully saturated rings. The van der Waals surface area contributed by atoms with Crippen molar-refractivity contribution in [3.8, 4) is 0 Å². The molecular weight excluding hydrogens is 498 g/mol. The van der Waals surface area contributed by atoms with Gasteiger partial charge >= 0.3 is 6.18 Å². The molecule has 0 unspecified atom stereocenters. The van der Waals surface area contributed by atoms with Gasteiger partial charge in [-0.25, -0.2) is 12.8 Å². The number of benzene rings is 2. The third kappa shape index (κ3) is 5.36. The van der Waals surface area contributed by atoms with Gasteiger partial charge in [-0.05, 0) is 63.1 Å². The third-order valence-corrected chi connectivity index (χ3v) is 9.04. The molecule has 196 valence electrons. The Kier molecular flexibility index (Phi) is 7.34. The molecule has 2 aromatic carbocycles. The zero-order valence-electron chi connectivity index (χ0n) is 20.1. The molecule has 0 amide bonds. The van der Waals surface area contributed by atoms with Crippen LogP contribution < -0.4 is 9.80 Å². The Morgan fingerprint density at radius 3 is 2.28 bits per heavy atom. The number of ketones is 1. The first-order chi connectivity index (χ1) is 16.9. The molecular formula is C25H29F4N3O3S. The monoisotopic (exact) mass is 527 g/mol. The lowest BCUT2D eigenvalue weighted by molar-refractivity contribution is -0.137. The molecule has 0 N–H and O–H groups in total. The second-order valence-corrected chi connectivity index (χ2v) is 11.3. The minimum absolute atomic E-state index is 0.00753. The van der Waals surface area contributed by atoms with Crippen molar-refractivity contribution in [1.29, 1.82) is 0 Å². The number of sulfonamides is 1. The van der Waals surface area contributed by atoms with Crippen LogP contribution in [0.4, 0.5) is 28.9 Å². The van der Waals surface area contributed by atoms with Gasteiger partial charge in [0.2, 0.25) is 10.0 Å². The summed E-state index contributed by atoms with van der Waals surface area (Å²) in [6.07, 6.45) is -3.30. The van der Waals surface area contributed by atoms with Crippen LogP contribution in [0.25, 0.3) is 0 Å². The molecule has 0 aromatic heterocycles. The first-order valence-electron chi connectivity index (χ1n) is 11.9. The molecule has 0 bridgehead atoms. The molecule has 2 heterocycles. The van der Waals surface area contributed by atoms with Gasteiger partial charge in [-0.15, -0.1) is 0 Å². The predicted octanol–water partition coefficient (Wildman–Crippen LogP) is 4.55. The Morgan fingerprint density at radius 1 is 0.972 bits per heavy atom. The van der Waals surface area contributed by atoms with Gasteiger partial charge in [0, 0.05) is 56.1 Å². The van der Waals surface area contributed by atoms with Gasteiger partial charge in [0.25, 0.3) is 0 Å². The molecule has 11 heteroatoms. The molecule has 2 aliphatic heterocycles. The largest absolute Gasteiger partial charge is 0.418 e. The van der Waals surface area contributed by atoms with E-state index in [0.717, 1.165) is 17.8 Å². The highest BCUT2D eigenvalue weighted by Gasteiger charge is 2.39. The van der Waals surface area contributed by atoms with Crippen molar-refractivity contribution in [2.75, 3.05) is 42.5 Å². The molecule has 2 aromatic rings. The number of rotatable bonds is 5. The summed E-state index contributed by atoms with van der Waals surface area (Å²) in [6.45, 7) is 4.62. The minimum Gasteiger partial charge on any atom is -0.371 e. The van der Waals surface area contributed by atoms with Gasteiger partial charge < -0.3 is 9.80 Å². The Balaban J connectivity index is 1.51. The van der Waals surface area contributed by atoms with Gasteiger partial charge in [-0.2, -0.15) is 17.5 Å². The fraction of sp³-hybridized carbons (Fsp3) is 0.480. The van der Waals surface area contributed by atoms with Crippen LogP contribution >= 0.6 is 0 Å². The van der Waals surface area contributed by atoms with Gasteiger partial charge in [0.1, 0.15) is 11.6 Å². The minimum atomic E-state index is -4.73. The smallest absolute Gasteiger partial charge is 0.371 e. The summed E-state index contributed by atoms with van der Waals surface area (Å²) in [5.74, 6) is -0.780. The van der Waals surface area contributed by atoms with Crippen molar-refractivity contribution in [3.05, 3.63) is 53.8 Å². The van der Waals surface area contributed by atoms with E-state index < -0.39 is 33.6 Å². The summed E-state index contributed by atoms with van der Waals surface area (Å²) in [4.78, 5) is 15.3. The normalized spacial score (nSPS) is 20.6. The van der Waals surface area contributed by atoms with Crippen molar-refractivity contribution < 1.29 is 30.8 Å².